The Morgan fingerprint density at radius 1 is 0.955 bits per heavy atom. The predicted molar refractivity (Wildman–Crippen MR) is 86.7 cm³/mol. The fourth-order valence-electron chi connectivity index (χ4n) is 2.36. The van der Waals surface area contributed by atoms with Crippen molar-refractivity contribution in [3.63, 3.8) is 0 Å². The van der Waals surface area contributed by atoms with Gasteiger partial charge in [-0.25, -0.2) is 8.78 Å². The lowest BCUT2D eigenvalue weighted by atomic mass is 10.0. The van der Waals surface area contributed by atoms with Crippen LogP contribution in [0.1, 0.15) is 48.4 Å². The van der Waals surface area contributed by atoms with E-state index in [1.807, 2.05) is 13.0 Å². The Morgan fingerprint density at radius 2 is 1.68 bits per heavy atom. The molecule has 0 amide bonds. The third-order valence-electron chi connectivity index (χ3n) is 3.59. The molecule has 0 saturated carbocycles. The predicted octanol–water partition coefficient (Wildman–Crippen LogP) is 5.41. The van der Waals surface area contributed by atoms with Gasteiger partial charge in [0, 0.05) is 5.56 Å². The van der Waals surface area contributed by atoms with Crippen LogP contribution in [-0.4, -0.2) is 0 Å². The van der Waals surface area contributed by atoms with E-state index in [4.69, 9.17) is 0 Å². The summed E-state index contributed by atoms with van der Waals surface area (Å²) in [5.41, 5.74) is 2.97. The lowest BCUT2D eigenvalue weighted by molar-refractivity contribution is 0.618. The zero-order valence-electron chi connectivity index (χ0n) is 13.0. The van der Waals surface area contributed by atoms with Crippen LogP contribution in [0.2, 0.25) is 0 Å². The fourth-order valence-corrected chi connectivity index (χ4v) is 2.36. The normalized spacial score (nSPS) is 10.2. The first-order valence-electron chi connectivity index (χ1n) is 7.66. The summed E-state index contributed by atoms with van der Waals surface area (Å²) in [7, 11) is 0. The van der Waals surface area contributed by atoms with Gasteiger partial charge in [-0.05, 0) is 61.2 Å². The molecule has 0 bridgehead atoms. The Balaban J connectivity index is 2.20. The van der Waals surface area contributed by atoms with Gasteiger partial charge in [0.25, 0.3) is 0 Å². The van der Waals surface area contributed by atoms with Gasteiger partial charge in [0.05, 0.1) is 5.56 Å². The summed E-state index contributed by atoms with van der Waals surface area (Å²) in [4.78, 5) is 0. The van der Waals surface area contributed by atoms with Crippen molar-refractivity contribution < 1.29 is 8.78 Å². The number of halogens is 2. The first kappa shape index (κ1) is 16.2. The Hall–Kier alpha value is -2.14. The van der Waals surface area contributed by atoms with Crippen LogP contribution in [0.15, 0.2) is 36.4 Å². The molecule has 2 heteroatoms. The molecule has 2 rings (SSSR count). The molecule has 0 unspecified atom stereocenters. The zero-order chi connectivity index (χ0) is 15.9. The van der Waals surface area contributed by atoms with E-state index in [2.05, 4.69) is 18.8 Å². The van der Waals surface area contributed by atoms with Gasteiger partial charge in [0.15, 0.2) is 0 Å². The molecule has 0 saturated heterocycles. The van der Waals surface area contributed by atoms with Crippen molar-refractivity contribution in [2.24, 2.45) is 0 Å². The van der Waals surface area contributed by atoms with Crippen molar-refractivity contribution in [1.29, 1.82) is 0 Å². The van der Waals surface area contributed by atoms with Gasteiger partial charge in [0.2, 0.25) is 0 Å². The quantitative estimate of drug-likeness (QED) is 0.523. The standard InChI is InChI=1S/C20H20F2/c1-3-4-5-6-17-13-15(2)19(20(22)14-17)12-9-16-7-10-18(21)11-8-16/h7-8,10-11,13-14H,3-6H2,1-2H3. The molecule has 0 heterocycles. The van der Waals surface area contributed by atoms with Gasteiger partial charge in [-0.15, -0.1) is 0 Å². The minimum atomic E-state index is -0.302. The summed E-state index contributed by atoms with van der Waals surface area (Å²) < 4.78 is 27.1. The van der Waals surface area contributed by atoms with Gasteiger partial charge in [-0.3, -0.25) is 0 Å². The molecule has 114 valence electrons. The molecule has 0 fully saturated rings. The fraction of sp³-hybridized carbons (Fsp3) is 0.300. The van der Waals surface area contributed by atoms with Crippen LogP contribution in [0.5, 0.6) is 0 Å². The van der Waals surface area contributed by atoms with Crippen molar-refractivity contribution in [2.45, 2.75) is 39.5 Å². The first-order valence-corrected chi connectivity index (χ1v) is 7.66. The molecule has 22 heavy (non-hydrogen) atoms. The van der Waals surface area contributed by atoms with Crippen molar-refractivity contribution in [1.82, 2.24) is 0 Å². The van der Waals surface area contributed by atoms with Gasteiger partial charge >= 0.3 is 0 Å². The molecule has 0 aromatic heterocycles. The van der Waals surface area contributed by atoms with Crippen LogP contribution in [0.4, 0.5) is 8.78 Å². The third-order valence-corrected chi connectivity index (χ3v) is 3.59. The van der Waals surface area contributed by atoms with Crippen LogP contribution in [0.25, 0.3) is 0 Å². The molecule has 0 radical (unpaired) electrons. The van der Waals surface area contributed by atoms with Gasteiger partial charge < -0.3 is 0 Å². The van der Waals surface area contributed by atoms with E-state index >= 15 is 0 Å². The molecule has 0 spiro atoms. The van der Waals surface area contributed by atoms with Crippen molar-refractivity contribution >= 4 is 0 Å². The second-order valence-corrected chi connectivity index (χ2v) is 5.48. The van der Waals surface area contributed by atoms with Crippen LogP contribution in [-0.2, 0) is 6.42 Å². The van der Waals surface area contributed by atoms with Gasteiger partial charge in [-0.1, -0.05) is 37.7 Å². The van der Waals surface area contributed by atoms with Crippen molar-refractivity contribution in [3.8, 4) is 11.8 Å². The second-order valence-electron chi connectivity index (χ2n) is 5.48. The minimum Gasteiger partial charge on any atom is -0.207 e. The molecule has 0 aliphatic carbocycles. The van der Waals surface area contributed by atoms with E-state index in [9.17, 15) is 8.78 Å². The number of unbranched alkanes of at least 4 members (excludes halogenated alkanes) is 2. The van der Waals surface area contributed by atoms with E-state index in [1.54, 1.807) is 18.2 Å². The Morgan fingerprint density at radius 3 is 2.32 bits per heavy atom. The van der Waals surface area contributed by atoms with Crippen molar-refractivity contribution in [3.05, 3.63) is 70.3 Å². The van der Waals surface area contributed by atoms with Gasteiger partial charge in [0.1, 0.15) is 11.6 Å². The van der Waals surface area contributed by atoms with E-state index in [-0.39, 0.29) is 11.6 Å². The highest BCUT2D eigenvalue weighted by atomic mass is 19.1. The van der Waals surface area contributed by atoms with Crippen LogP contribution >= 0.6 is 0 Å². The number of rotatable bonds is 4. The highest BCUT2D eigenvalue weighted by Gasteiger charge is 2.06. The summed E-state index contributed by atoms with van der Waals surface area (Å²) in [5.74, 6) is 5.17. The van der Waals surface area contributed by atoms with Crippen LogP contribution in [0.3, 0.4) is 0 Å². The van der Waals surface area contributed by atoms with E-state index in [0.29, 0.717) is 11.1 Å². The third kappa shape index (κ3) is 4.43. The van der Waals surface area contributed by atoms with Gasteiger partial charge in [-0.2, -0.15) is 0 Å². The monoisotopic (exact) mass is 298 g/mol. The maximum absolute atomic E-state index is 14.2. The van der Waals surface area contributed by atoms with E-state index in [0.717, 1.165) is 36.8 Å². The largest absolute Gasteiger partial charge is 0.207 e. The molecule has 0 nitrogen and oxygen atoms in total. The summed E-state index contributed by atoms with van der Waals surface area (Å²) in [6.45, 7) is 4.03. The maximum atomic E-state index is 14.2. The lowest BCUT2D eigenvalue weighted by Gasteiger charge is -2.06. The molecule has 0 aliphatic heterocycles. The van der Waals surface area contributed by atoms with Crippen molar-refractivity contribution in [2.75, 3.05) is 0 Å². The number of aryl methyl sites for hydroxylation is 2. The Labute approximate surface area is 131 Å². The van der Waals surface area contributed by atoms with Crippen LogP contribution < -0.4 is 0 Å². The number of hydrogen-bond acceptors (Lipinski definition) is 0. The maximum Gasteiger partial charge on any atom is 0.139 e. The first-order chi connectivity index (χ1) is 10.6. The Bertz CT molecular complexity index is 665. The molecule has 0 aliphatic rings. The molecule has 2 aromatic rings. The highest BCUT2D eigenvalue weighted by molar-refractivity contribution is 5.48. The SMILES string of the molecule is CCCCCc1cc(C)c(C#Cc2ccc(F)cc2)c(F)c1. The molecule has 2 aromatic carbocycles. The average molecular weight is 298 g/mol. The number of benzene rings is 2. The summed E-state index contributed by atoms with van der Waals surface area (Å²) in [5, 5.41) is 0. The summed E-state index contributed by atoms with van der Waals surface area (Å²) >= 11 is 0. The van der Waals surface area contributed by atoms with E-state index in [1.165, 1.54) is 12.1 Å². The van der Waals surface area contributed by atoms with Crippen LogP contribution in [0, 0.1) is 30.4 Å². The lowest BCUT2D eigenvalue weighted by Crippen LogP contribution is -1.94. The van der Waals surface area contributed by atoms with E-state index < -0.39 is 0 Å². The molecular formula is C20H20F2. The second kappa shape index (κ2) is 7.75. The highest BCUT2D eigenvalue weighted by Crippen LogP contribution is 2.17. The topological polar surface area (TPSA) is 0 Å². The number of hydrogen-bond donors (Lipinski definition) is 0. The minimum absolute atomic E-state index is 0.277. The smallest absolute Gasteiger partial charge is 0.139 e. The molecule has 0 atom stereocenters. The summed E-state index contributed by atoms with van der Waals surface area (Å²) in [6.07, 6.45) is 4.29. The summed E-state index contributed by atoms with van der Waals surface area (Å²) in [6, 6.07) is 9.47. The zero-order valence-corrected chi connectivity index (χ0v) is 13.0. The molecular weight excluding hydrogens is 278 g/mol. The molecule has 0 N–H and O–H groups in total. The average Bonchev–Trinajstić information content (AvgIpc) is 2.48. The Kier molecular flexibility index (Phi) is 5.72.